The summed E-state index contributed by atoms with van der Waals surface area (Å²) < 4.78 is 5.63. The molecule has 0 spiro atoms. The van der Waals surface area contributed by atoms with Gasteiger partial charge in [0.2, 0.25) is 0 Å². The van der Waals surface area contributed by atoms with Gasteiger partial charge in [0.05, 0.1) is 6.26 Å². The van der Waals surface area contributed by atoms with Crippen LogP contribution in [0.2, 0.25) is 0 Å². The van der Waals surface area contributed by atoms with Crippen LogP contribution in [-0.2, 0) is 5.60 Å². The maximum Gasteiger partial charge on any atom is 0.134 e. The van der Waals surface area contributed by atoms with E-state index in [4.69, 9.17) is 4.74 Å². The van der Waals surface area contributed by atoms with Crippen LogP contribution in [0.3, 0.4) is 0 Å². The van der Waals surface area contributed by atoms with Gasteiger partial charge in [-0.05, 0) is 29.4 Å². The molecule has 2 heteroatoms. The number of ether oxygens (including phenoxy) is 1. The third kappa shape index (κ3) is 1.92. The van der Waals surface area contributed by atoms with E-state index in [1.54, 1.807) is 12.3 Å². The van der Waals surface area contributed by atoms with Crippen molar-refractivity contribution in [2.24, 2.45) is 0 Å². The standard InChI is InChI=1S/C19H14O2/c20-19(15-6-2-1-3-7-15)11-10-14-13-21-18-9-5-4-8-16(18)17(14)12-19/h1-13,20H. The molecular formula is C19H14O2. The van der Waals surface area contributed by atoms with Crippen LogP contribution >= 0.6 is 0 Å². The lowest BCUT2D eigenvalue weighted by Gasteiger charge is -2.29. The monoisotopic (exact) mass is 274 g/mol. The van der Waals surface area contributed by atoms with Crippen LogP contribution in [0.1, 0.15) is 11.1 Å². The summed E-state index contributed by atoms with van der Waals surface area (Å²) in [6.07, 6.45) is 7.35. The third-order valence-corrected chi connectivity index (χ3v) is 3.92. The molecule has 0 radical (unpaired) electrons. The first-order chi connectivity index (χ1) is 10.3. The molecule has 0 fully saturated rings. The smallest absolute Gasteiger partial charge is 0.134 e. The van der Waals surface area contributed by atoms with Gasteiger partial charge in [0.1, 0.15) is 11.4 Å². The summed E-state index contributed by atoms with van der Waals surface area (Å²) in [5.74, 6) is 0.818. The molecule has 1 heterocycles. The summed E-state index contributed by atoms with van der Waals surface area (Å²) in [6, 6.07) is 17.5. The first-order valence-electron chi connectivity index (χ1n) is 6.93. The molecule has 0 aromatic heterocycles. The van der Waals surface area contributed by atoms with E-state index in [0.29, 0.717) is 0 Å². The summed E-state index contributed by atoms with van der Waals surface area (Å²) in [5, 5.41) is 11.0. The van der Waals surface area contributed by atoms with Crippen molar-refractivity contribution in [2.75, 3.05) is 0 Å². The van der Waals surface area contributed by atoms with E-state index in [1.165, 1.54) is 0 Å². The third-order valence-electron chi connectivity index (χ3n) is 3.92. The number of aliphatic hydroxyl groups is 1. The molecular weight excluding hydrogens is 260 g/mol. The van der Waals surface area contributed by atoms with E-state index in [2.05, 4.69) is 0 Å². The minimum atomic E-state index is -1.08. The van der Waals surface area contributed by atoms with Crippen molar-refractivity contribution in [3.63, 3.8) is 0 Å². The summed E-state index contributed by atoms with van der Waals surface area (Å²) in [7, 11) is 0. The molecule has 1 aliphatic heterocycles. The Bertz CT molecular complexity index is 784. The van der Waals surface area contributed by atoms with Crippen molar-refractivity contribution in [2.45, 2.75) is 5.60 Å². The highest BCUT2D eigenvalue weighted by atomic mass is 16.5. The molecule has 4 rings (SSSR count). The van der Waals surface area contributed by atoms with Crippen molar-refractivity contribution in [1.82, 2.24) is 0 Å². The molecule has 1 unspecified atom stereocenters. The Labute approximate surface area is 123 Å². The lowest BCUT2D eigenvalue weighted by atomic mass is 9.82. The Hall–Kier alpha value is -2.58. The lowest BCUT2D eigenvalue weighted by Crippen LogP contribution is -2.23. The van der Waals surface area contributed by atoms with Gasteiger partial charge >= 0.3 is 0 Å². The number of para-hydroxylation sites is 1. The zero-order chi connectivity index (χ0) is 14.3. The van der Waals surface area contributed by atoms with E-state index >= 15 is 0 Å². The molecule has 1 atom stereocenters. The van der Waals surface area contributed by atoms with Gasteiger partial charge in [-0.1, -0.05) is 54.6 Å². The SMILES string of the molecule is OC1(c2ccccc2)C=CC2=COc3ccccc3C2=C1. The van der Waals surface area contributed by atoms with Crippen LogP contribution in [0, 0.1) is 0 Å². The maximum atomic E-state index is 11.0. The van der Waals surface area contributed by atoms with E-state index in [1.807, 2.05) is 66.7 Å². The van der Waals surface area contributed by atoms with Gasteiger partial charge < -0.3 is 9.84 Å². The average Bonchev–Trinajstić information content (AvgIpc) is 2.55. The van der Waals surface area contributed by atoms with Crippen LogP contribution in [0.15, 0.2) is 84.7 Å². The predicted molar refractivity (Wildman–Crippen MR) is 82.6 cm³/mol. The van der Waals surface area contributed by atoms with Crippen molar-refractivity contribution < 1.29 is 9.84 Å². The zero-order valence-corrected chi connectivity index (χ0v) is 11.4. The lowest BCUT2D eigenvalue weighted by molar-refractivity contribution is 0.143. The highest BCUT2D eigenvalue weighted by Crippen LogP contribution is 2.42. The fourth-order valence-corrected chi connectivity index (χ4v) is 2.80. The summed E-state index contributed by atoms with van der Waals surface area (Å²) >= 11 is 0. The minimum Gasteiger partial charge on any atom is -0.464 e. The Morgan fingerprint density at radius 1 is 0.905 bits per heavy atom. The van der Waals surface area contributed by atoms with E-state index < -0.39 is 5.60 Å². The largest absolute Gasteiger partial charge is 0.464 e. The van der Waals surface area contributed by atoms with Gasteiger partial charge in [0.15, 0.2) is 0 Å². The number of fused-ring (bicyclic) bond motifs is 3. The fraction of sp³-hybridized carbons (Fsp3) is 0.0526. The van der Waals surface area contributed by atoms with E-state index in [0.717, 1.165) is 28.0 Å². The van der Waals surface area contributed by atoms with Crippen LogP contribution in [0.4, 0.5) is 0 Å². The van der Waals surface area contributed by atoms with Gasteiger partial charge in [-0.15, -0.1) is 0 Å². The molecule has 21 heavy (non-hydrogen) atoms. The Kier molecular flexibility index (Phi) is 2.59. The van der Waals surface area contributed by atoms with Gasteiger partial charge in [-0.2, -0.15) is 0 Å². The molecule has 2 aliphatic rings. The second-order valence-corrected chi connectivity index (χ2v) is 5.27. The second-order valence-electron chi connectivity index (χ2n) is 5.27. The first kappa shape index (κ1) is 12.2. The van der Waals surface area contributed by atoms with Crippen LogP contribution in [-0.4, -0.2) is 5.11 Å². The van der Waals surface area contributed by atoms with Gasteiger partial charge in [-0.25, -0.2) is 0 Å². The van der Waals surface area contributed by atoms with Crippen LogP contribution in [0.25, 0.3) is 5.57 Å². The van der Waals surface area contributed by atoms with Crippen molar-refractivity contribution in [1.29, 1.82) is 0 Å². The fourth-order valence-electron chi connectivity index (χ4n) is 2.80. The number of hydrogen-bond donors (Lipinski definition) is 1. The molecule has 0 saturated carbocycles. The zero-order valence-electron chi connectivity index (χ0n) is 11.4. The Morgan fingerprint density at radius 3 is 2.52 bits per heavy atom. The average molecular weight is 274 g/mol. The topological polar surface area (TPSA) is 29.5 Å². The molecule has 2 aromatic rings. The summed E-state index contributed by atoms with van der Waals surface area (Å²) in [5.41, 5.74) is 2.77. The molecule has 0 saturated heterocycles. The molecule has 102 valence electrons. The van der Waals surface area contributed by atoms with Gasteiger partial charge in [0, 0.05) is 11.1 Å². The summed E-state index contributed by atoms with van der Waals surface area (Å²) in [4.78, 5) is 0. The van der Waals surface area contributed by atoms with E-state index in [-0.39, 0.29) is 0 Å². The number of allylic oxidation sites excluding steroid dienone is 3. The number of rotatable bonds is 1. The van der Waals surface area contributed by atoms with Gasteiger partial charge in [0.25, 0.3) is 0 Å². The molecule has 1 aliphatic carbocycles. The number of benzene rings is 2. The van der Waals surface area contributed by atoms with E-state index in [9.17, 15) is 5.11 Å². The van der Waals surface area contributed by atoms with Crippen molar-refractivity contribution >= 4 is 5.57 Å². The molecule has 2 nitrogen and oxygen atoms in total. The van der Waals surface area contributed by atoms with Crippen molar-refractivity contribution in [3.05, 3.63) is 95.8 Å². The highest BCUT2D eigenvalue weighted by Gasteiger charge is 2.30. The molecule has 1 N–H and O–H groups in total. The van der Waals surface area contributed by atoms with Crippen molar-refractivity contribution in [3.8, 4) is 5.75 Å². The summed E-state index contributed by atoms with van der Waals surface area (Å²) in [6.45, 7) is 0. The Balaban J connectivity index is 1.88. The normalized spacial score (nSPS) is 22.5. The second kappa shape index (κ2) is 4.47. The highest BCUT2D eigenvalue weighted by molar-refractivity contribution is 5.88. The van der Waals surface area contributed by atoms with Crippen LogP contribution in [0.5, 0.6) is 5.75 Å². The quantitative estimate of drug-likeness (QED) is 0.857. The molecule has 2 aromatic carbocycles. The first-order valence-corrected chi connectivity index (χ1v) is 6.93. The number of hydrogen-bond acceptors (Lipinski definition) is 2. The van der Waals surface area contributed by atoms with Crippen LogP contribution < -0.4 is 4.74 Å². The maximum absolute atomic E-state index is 11.0. The van der Waals surface area contributed by atoms with Gasteiger partial charge in [-0.3, -0.25) is 0 Å². The predicted octanol–water partition coefficient (Wildman–Crippen LogP) is 3.80. The minimum absolute atomic E-state index is 0.818. The Morgan fingerprint density at radius 2 is 1.67 bits per heavy atom. The molecule has 0 bridgehead atoms. The molecule has 0 amide bonds.